The molecule has 0 bridgehead atoms. The van der Waals surface area contributed by atoms with Crippen LogP contribution in [0.3, 0.4) is 0 Å². The molecule has 0 radical (unpaired) electrons. The minimum absolute atomic E-state index is 0.00927. The van der Waals surface area contributed by atoms with Crippen molar-refractivity contribution in [2.24, 2.45) is 0 Å². The third-order valence-corrected chi connectivity index (χ3v) is 5.79. The third kappa shape index (κ3) is 4.27. The van der Waals surface area contributed by atoms with Crippen molar-refractivity contribution in [3.05, 3.63) is 52.8 Å². The average molecular weight is 398 g/mol. The predicted octanol–water partition coefficient (Wildman–Crippen LogP) is 2.22. The fourth-order valence-corrected chi connectivity index (χ4v) is 4.21. The van der Waals surface area contributed by atoms with Gasteiger partial charge in [0, 0.05) is 18.9 Å². The first-order valence-corrected chi connectivity index (χ1v) is 9.59. The molecular weight excluding hydrogens is 382 g/mol. The van der Waals surface area contributed by atoms with Gasteiger partial charge in [-0.05, 0) is 27.9 Å². The summed E-state index contributed by atoms with van der Waals surface area (Å²) in [7, 11) is -3.34. The van der Waals surface area contributed by atoms with Crippen LogP contribution in [0.4, 0.5) is 0 Å². The van der Waals surface area contributed by atoms with E-state index in [2.05, 4.69) is 25.9 Å². The molecule has 1 aliphatic rings. The maximum absolute atomic E-state index is 12.5. The average Bonchev–Trinajstić information content (AvgIpc) is 3.00. The molecule has 1 aromatic carbocycles. The second-order valence-electron chi connectivity index (χ2n) is 5.31. The van der Waals surface area contributed by atoms with Crippen LogP contribution in [-0.4, -0.2) is 41.9 Å². The molecule has 2 aromatic rings. The number of halogens is 1. The van der Waals surface area contributed by atoms with Gasteiger partial charge in [0.05, 0.1) is 16.8 Å². The molecule has 2 heterocycles. The van der Waals surface area contributed by atoms with Crippen molar-refractivity contribution >= 4 is 26.0 Å². The van der Waals surface area contributed by atoms with Gasteiger partial charge in [-0.2, -0.15) is 4.31 Å². The Morgan fingerprint density at radius 2 is 1.91 bits per heavy atom. The van der Waals surface area contributed by atoms with Gasteiger partial charge in [0.15, 0.2) is 0 Å². The van der Waals surface area contributed by atoms with Gasteiger partial charge in [0.25, 0.3) is 0 Å². The van der Waals surface area contributed by atoms with Gasteiger partial charge in [-0.15, -0.1) is 0 Å². The van der Waals surface area contributed by atoms with E-state index in [1.54, 1.807) is 12.4 Å². The molecule has 23 heavy (non-hydrogen) atoms. The Kier molecular flexibility index (Phi) is 4.93. The van der Waals surface area contributed by atoms with E-state index >= 15 is 0 Å². The highest BCUT2D eigenvalue weighted by Crippen LogP contribution is 2.20. The molecule has 1 atom stereocenters. The molecule has 3 rings (SSSR count). The van der Waals surface area contributed by atoms with E-state index in [4.69, 9.17) is 4.74 Å². The molecule has 0 unspecified atom stereocenters. The lowest BCUT2D eigenvalue weighted by atomic mass is 10.2. The topological polar surface area (TPSA) is 72.4 Å². The van der Waals surface area contributed by atoms with E-state index in [1.165, 1.54) is 4.31 Å². The molecule has 8 heteroatoms. The Hall–Kier alpha value is -1.51. The summed E-state index contributed by atoms with van der Waals surface area (Å²) in [6.07, 6.45) is 3.61. The molecular formula is C15H16BrN3O3S. The van der Waals surface area contributed by atoms with Crippen LogP contribution in [0.2, 0.25) is 0 Å². The monoisotopic (exact) mass is 397 g/mol. The highest BCUT2D eigenvalue weighted by atomic mass is 79.9. The lowest BCUT2D eigenvalue weighted by Crippen LogP contribution is -2.32. The van der Waals surface area contributed by atoms with Crippen molar-refractivity contribution < 1.29 is 13.2 Å². The first-order chi connectivity index (χ1) is 11.0. The zero-order chi connectivity index (χ0) is 16.3. The molecule has 0 saturated carbocycles. The number of aromatic nitrogens is 2. The van der Waals surface area contributed by atoms with Gasteiger partial charge in [-0.3, -0.25) is 0 Å². The van der Waals surface area contributed by atoms with Gasteiger partial charge in [0.1, 0.15) is 6.10 Å². The number of benzene rings is 1. The Balaban J connectivity index is 1.61. The van der Waals surface area contributed by atoms with Crippen LogP contribution < -0.4 is 4.74 Å². The smallest absolute Gasteiger partial charge is 0.316 e. The van der Waals surface area contributed by atoms with Crippen molar-refractivity contribution in [1.82, 2.24) is 14.3 Å². The molecule has 1 aromatic heterocycles. The fourth-order valence-electron chi connectivity index (χ4n) is 2.43. The molecule has 1 fully saturated rings. The van der Waals surface area contributed by atoms with Gasteiger partial charge >= 0.3 is 6.01 Å². The standard InChI is InChI=1S/C15H16BrN3O3S/c16-13-8-17-15(18-9-13)22-14-6-7-19(10-14)23(20,21)11-12-4-2-1-3-5-12/h1-5,8-9,14H,6-7,10-11H2/t14-/m1/s1. The first-order valence-electron chi connectivity index (χ1n) is 7.19. The highest BCUT2D eigenvalue weighted by molar-refractivity contribution is 9.10. The van der Waals surface area contributed by atoms with Gasteiger partial charge in [-0.25, -0.2) is 18.4 Å². The Labute approximate surface area is 143 Å². The second-order valence-corrected chi connectivity index (χ2v) is 8.20. The number of rotatable bonds is 5. The third-order valence-electron chi connectivity index (χ3n) is 3.56. The molecule has 0 amide bonds. The quantitative estimate of drug-likeness (QED) is 0.773. The SMILES string of the molecule is O=S(=O)(Cc1ccccc1)N1CC[C@@H](Oc2ncc(Br)cn2)C1. The van der Waals surface area contributed by atoms with Crippen LogP contribution in [0, 0.1) is 0 Å². The molecule has 122 valence electrons. The van der Waals surface area contributed by atoms with Crippen LogP contribution >= 0.6 is 15.9 Å². The molecule has 0 N–H and O–H groups in total. The zero-order valence-corrected chi connectivity index (χ0v) is 14.7. The lowest BCUT2D eigenvalue weighted by Gasteiger charge is -2.16. The van der Waals surface area contributed by atoms with Crippen molar-refractivity contribution in [3.8, 4) is 6.01 Å². The molecule has 0 aliphatic carbocycles. The highest BCUT2D eigenvalue weighted by Gasteiger charge is 2.32. The van der Waals surface area contributed by atoms with E-state index in [1.807, 2.05) is 30.3 Å². The first kappa shape index (κ1) is 16.4. The minimum Gasteiger partial charge on any atom is -0.459 e. The molecule has 1 aliphatic heterocycles. The summed E-state index contributed by atoms with van der Waals surface area (Å²) in [6, 6.07) is 9.44. The zero-order valence-electron chi connectivity index (χ0n) is 12.3. The predicted molar refractivity (Wildman–Crippen MR) is 89.4 cm³/mol. The summed E-state index contributed by atoms with van der Waals surface area (Å²) in [6.45, 7) is 0.783. The summed E-state index contributed by atoms with van der Waals surface area (Å²) >= 11 is 3.26. The Morgan fingerprint density at radius 1 is 1.22 bits per heavy atom. The Morgan fingerprint density at radius 3 is 2.61 bits per heavy atom. The fraction of sp³-hybridized carbons (Fsp3) is 0.333. The van der Waals surface area contributed by atoms with E-state index in [9.17, 15) is 8.42 Å². The normalized spacial score (nSPS) is 18.9. The lowest BCUT2D eigenvalue weighted by molar-refractivity contribution is 0.197. The summed E-state index contributed by atoms with van der Waals surface area (Å²) in [5.74, 6) is 0.00927. The van der Waals surface area contributed by atoms with Crippen LogP contribution in [-0.2, 0) is 15.8 Å². The Bertz CT molecular complexity index is 753. The van der Waals surface area contributed by atoms with Crippen molar-refractivity contribution in [1.29, 1.82) is 0 Å². The van der Waals surface area contributed by atoms with Crippen molar-refractivity contribution in [2.45, 2.75) is 18.3 Å². The van der Waals surface area contributed by atoms with E-state index in [0.29, 0.717) is 19.5 Å². The van der Waals surface area contributed by atoms with Crippen LogP contribution in [0.15, 0.2) is 47.2 Å². The van der Waals surface area contributed by atoms with Crippen molar-refractivity contribution in [3.63, 3.8) is 0 Å². The maximum Gasteiger partial charge on any atom is 0.316 e. The van der Waals surface area contributed by atoms with Gasteiger partial charge in [0.2, 0.25) is 10.0 Å². The van der Waals surface area contributed by atoms with Gasteiger partial charge in [-0.1, -0.05) is 30.3 Å². The minimum atomic E-state index is -3.34. The molecule has 1 saturated heterocycles. The summed E-state index contributed by atoms with van der Waals surface area (Å²) < 4.78 is 32.9. The van der Waals surface area contributed by atoms with Crippen LogP contribution in [0.5, 0.6) is 6.01 Å². The van der Waals surface area contributed by atoms with Crippen LogP contribution in [0.25, 0.3) is 0 Å². The molecule has 6 nitrogen and oxygen atoms in total. The summed E-state index contributed by atoms with van der Waals surface area (Å²) in [5.41, 5.74) is 0.785. The second kappa shape index (κ2) is 6.94. The number of nitrogens with zero attached hydrogens (tertiary/aromatic N) is 3. The van der Waals surface area contributed by atoms with E-state index in [0.717, 1.165) is 10.0 Å². The molecule has 0 spiro atoms. The van der Waals surface area contributed by atoms with E-state index in [-0.39, 0.29) is 17.9 Å². The number of hydrogen-bond donors (Lipinski definition) is 0. The number of sulfonamides is 1. The summed E-state index contributed by atoms with van der Waals surface area (Å²) in [4.78, 5) is 8.10. The summed E-state index contributed by atoms with van der Waals surface area (Å²) in [5, 5.41) is 0. The van der Waals surface area contributed by atoms with Crippen LogP contribution in [0.1, 0.15) is 12.0 Å². The largest absolute Gasteiger partial charge is 0.459 e. The van der Waals surface area contributed by atoms with Crippen molar-refractivity contribution in [2.75, 3.05) is 13.1 Å². The van der Waals surface area contributed by atoms with E-state index < -0.39 is 10.0 Å². The number of ether oxygens (including phenoxy) is 1. The number of hydrogen-bond acceptors (Lipinski definition) is 5. The maximum atomic E-state index is 12.5. The van der Waals surface area contributed by atoms with Gasteiger partial charge < -0.3 is 4.74 Å².